The van der Waals surface area contributed by atoms with Crippen LogP contribution in [0.15, 0.2) is 23.8 Å². The zero-order valence-electron chi connectivity index (χ0n) is 14.1. The summed E-state index contributed by atoms with van der Waals surface area (Å²) in [7, 11) is 0. The number of nitrogens with zero attached hydrogens (tertiary/aromatic N) is 1. The molecule has 126 valence electrons. The van der Waals surface area contributed by atoms with E-state index in [0.717, 1.165) is 37.7 Å². The summed E-state index contributed by atoms with van der Waals surface area (Å²) in [5.41, 5.74) is -0.327. The second kappa shape index (κ2) is 5.69. The molecule has 1 saturated heterocycles. The van der Waals surface area contributed by atoms with Crippen LogP contribution in [0.5, 0.6) is 0 Å². The Hall–Kier alpha value is -1.78. The summed E-state index contributed by atoms with van der Waals surface area (Å²) in [5, 5.41) is 0. The van der Waals surface area contributed by atoms with Crippen molar-refractivity contribution in [2.24, 2.45) is 0 Å². The summed E-state index contributed by atoms with van der Waals surface area (Å²) >= 11 is 0. The number of fused-ring (bicyclic) bond motifs is 1. The molecule has 1 amide bonds. The third-order valence-corrected chi connectivity index (χ3v) is 4.69. The Balaban J connectivity index is 1.89. The maximum Gasteiger partial charge on any atom is 0.410 e. The van der Waals surface area contributed by atoms with Gasteiger partial charge < -0.3 is 14.4 Å². The van der Waals surface area contributed by atoms with Gasteiger partial charge in [-0.25, -0.2) is 9.59 Å². The summed E-state index contributed by atoms with van der Waals surface area (Å²) in [5.74, 6) is -0.304. The fraction of sp³-hybridized carbons (Fsp3) is 0.667. The molecule has 3 rings (SSSR count). The molecule has 2 aliphatic heterocycles. The van der Waals surface area contributed by atoms with Crippen molar-refractivity contribution in [1.82, 2.24) is 4.90 Å². The zero-order valence-corrected chi connectivity index (χ0v) is 14.1. The molecule has 1 unspecified atom stereocenters. The van der Waals surface area contributed by atoms with Gasteiger partial charge in [0.25, 0.3) is 0 Å². The molecule has 0 saturated carbocycles. The Morgan fingerprint density at radius 3 is 2.91 bits per heavy atom. The van der Waals surface area contributed by atoms with Gasteiger partial charge in [0.15, 0.2) is 5.60 Å². The first-order valence-corrected chi connectivity index (χ1v) is 8.43. The third kappa shape index (κ3) is 3.01. The topological polar surface area (TPSA) is 55.8 Å². The van der Waals surface area contributed by atoms with Crippen molar-refractivity contribution in [2.75, 3.05) is 6.54 Å². The molecule has 1 fully saturated rings. The molecule has 2 atom stereocenters. The van der Waals surface area contributed by atoms with Crippen molar-refractivity contribution in [3.8, 4) is 0 Å². The number of allylic oxidation sites excluding steroid dienone is 1. The van der Waals surface area contributed by atoms with Gasteiger partial charge in [-0.1, -0.05) is 12.2 Å². The number of rotatable bonds is 1. The first-order valence-electron chi connectivity index (χ1n) is 8.43. The monoisotopic (exact) mass is 319 g/mol. The lowest BCUT2D eigenvalue weighted by Crippen LogP contribution is -2.58. The normalized spacial score (nSPS) is 30.6. The van der Waals surface area contributed by atoms with Crippen molar-refractivity contribution in [1.29, 1.82) is 0 Å². The van der Waals surface area contributed by atoms with E-state index < -0.39 is 11.2 Å². The van der Waals surface area contributed by atoms with E-state index in [4.69, 9.17) is 9.47 Å². The van der Waals surface area contributed by atoms with Crippen molar-refractivity contribution < 1.29 is 19.1 Å². The van der Waals surface area contributed by atoms with E-state index in [0.29, 0.717) is 6.54 Å². The molecule has 0 spiro atoms. The Morgan fingerprint density at radius 2 is 2.17 bits per heavy atom. The van der Waals surface area contributed by atoms with Crippen molar-refractivity contribution >= 4 is 12.1 Å². The standard InChI is InChI=1S/C18H25NO4/c1-17(2,3)23-16(21)19-11-7-5-9-14(19)18-10-6-4-8-13(18)12-15(20)22-18/h4,8,12,14H,5-7,9-11H2,1-3H3/t14-,18?/m1/s1. The fourth-order valence-corrected chi connectivity index (χ4v) is 3.79. The quantitative estimate of drug-likeness (QED) is 0.696. The number of hydrogen-bond acceptors (Lipinski definition) is 4. The van der Waals surface area contributed by atoms with Crippen LogP contribution < -0.4 is 0 Å². The van der Waals surface area contributed by atoms with Crippen LogP contribution in [0.25, 0.3) is 0 Å². The highest BCUT2D eigenvalue weighted by Gasteiger charge is 2.53. The van der Waals surface area contributed by atoms with Gasteiger partial charge in [-0.05, 0) is 52.9 Å². The Labute approximate surface area is 137 Å². The number of piperidine rings is 1. The average molecular weight is 319 g/mol. The van der Waals surface area contributed by atoms with Crippen LogP contribution in [0.4, 0.5) is 4.79 Å². The molecule has 23 heavy (non-hydrogen) atoms. The number of carbonyl (C=O) groups excluding carboxylic acids is 2. The summed E-state index contributed by atoms with van der Waals surface area (Å²) < 4.78 is 11.3. The van der Waals surface area contributed by atoms with Crippen molar-refractivity contribution in [2.45, 2.75) is 70.1 Å². The molecule has 0 aromatic carbocycles. The van der Waals surface area contributed by atoms with Crippen LogP contribution in [-0.4, -0.2) is 40.8 Å². The molecule has 2 heterocycles. The number of ether oxygens (including phenoxy) is 2. The molecule has 0 aromatic rings. The van der Waals surface area contributed by atoms with Crippen LogP contribution in [0, 0.1) is 0 Å². The minimum absolute atomic E-state index is 0.145. The predicted molar refractivity (Wildman–Crippen MR) is 85.9 cm³/mol. The Morgan fingerprint density at radius 1 is 1.39 bits per heavy atom. The lowest BCUT2D eigenvalue weighted by molar-refractivity contribution is -0.154. The van der Waals surface area contributed by atoms with Crippen LogP contribution in [0.3, 0.4) is 0 Å². The lowest BCUT2D eigenvalue weighted by Gasteiger charge is -2.47. The molecular formula is C18H25NO4. The third-order valence-electron chi connectivity index (χ3n) is 4.69. The molecule has 5 nitrogen and oxygen atoms in total. The Bertz CT molecular complexity index is 572. The number of amides is 1. The number of esters is 1. The molecule has 3 aliphatic rings. The van der Waals surface area contributed by atoms with E-state index in [1.807, 2.05) is 26.8 Å². The van der Waals surface area contributed by atoms with Gasteiger partial charge in [0.05, 0.1) is 6.04 Å². The molecule has 0 radical (unpaired) electrons. The second-order valence-electron chi connectivity index (χ2n) is 7.54. The van der Waals surface area contributed by atoms with Gasteiger partial charge in [-0.2, -0.15) is 0 Å². The largest absolute Gasteiger partial charge is 0.449 e. The number of carbonyl (C=O) groups is 2. The molecule has 0 N–H and O–H groups in total. The average Bonchev–Trinajstić information content (AvgIpc) is 2.82. The number of likely N-dealkylation sites (tertiary alicyclic amines) is 1. The van der Waals surface area contributed by atoms with Gasteiger partial charge in [0.1, 0.15) is 5.60 Å². The Kier molecular flexibility index (Phi) is 3.98. The van der Waals surface area contributed by atoms with Crippen LogP contribution >= 0.6 is 0 Å². The molecule has 1 aliphatic carbocycles. The summed E-state index contributed by atoms with van der Waals surface area (Å²) in [6.07, 6.45) is 9.68. The molecule has 0 aromatic heterocycles. The van der Waals surface area contributed by atoms with Crippen LogP contribution in [0.1, 0.15) is 52.9 Å². The van der Waals surface area contributed by atoms with Gasteiger partial charge >= 0.3 is 12.1 Å². The van der Waals surface area contributed by atoms with Crippen LogP contribution in [0.2, 0.25) is 0 Å². The fourth-order valence-electron chi connectivity index (χ4n) is 3.79. The minimum Gasteiger partial charge on any atom is -0.449 e. The molecule has 0 bridgehead atoms. The maximum atomic E-state index is 12.7. The maximum absolute atomic E-state index is 12.7. The van der Waals surface area contributed by atoms with Gasteiger partial charge in [-0.3, -0.25) is 0 Å². The first kappa shape index (κ1) is 16.1. The summed E-state index contributed by atoms with van der Waals surface area (Å²) in [6, 6.07) is -0.145. The predicted octanol–water partition coefficient (Wildman–Crippen LogP) is 3.35. The smallest absolute Gasteiger partial charge is 0.410 e. The molecular weight excluding hydrogens is 294 g/mol. The second-order valence-corrected chi connectivity index (χ2v) is 7.54. The number of hydrogen-bond donors (Lipinski definition) is 0. The van der Waals surface area contributed by atoms with E-state index in [2.05, 4.69) is 6.08 Å². The highest BCUT2D eigenvalue weighted by molar-refractivity contribution is 5.88. The van der Waals surface area contributed by atoms with E-state index in [-0.39, 0.29) is 18.1 Å². The first-order chi connectivity index (χ1) is 10.8. The van der Waals surface area contributed by atoms with Crippen LogP contribution in [-0.2, 0) is 14.3 Å². The minimum atomic E-state index is -0.691. The SMILES string of the molecule is CC(C)(C)OC(=O)N1CCCC[C@@H]1C12CCC=CC1=CC(=O)O2. The van der Waals surface area contributed by atoms with E-state index in [1.54, 1.807) is 11.0 Å². The highest BCUT2D eigenvalue weighted by atomic mass is 16.6. The van der Waals surface area contributed by atoms with E-state index >= 15 is 0 Å². The van der Waals surface area contributed by atoms with Crippen molar-refractivity contribution in [3.63, 3.8) is 0 Å². The summed E-state index contributed by atoms with van der Waals surface area (Å²) in [4.78, 5) is 26.3. The van der Waals surface area contributed by atoms with Gasteiger partial charge in [-0.15, -0.1) is 0 Å². The highest BCUT2D eigenvalue weighted by Crippen LogP contribution is 2.44. The van der Waals surface area contributed by atoms with Gasteiger partial charge in [0, 0.05) is 18.2 Å². The van der Waals surface area contributed by atoms with Gasteiger partial charge in [0.2, 0.25) is 0 Å². The van der Waals surface area contributed by atoms with E-state index in [1.165, 1.54) is 0 Å². The van der Waals surface area contributed by atoms with Crippen molar-refractivity contribution in [3.05, 3.63) is 23.8 Å². The lowest BCUT2D eigenvalue weighted by atomic mass is 9.76. The molecule has 5 heteroatoms. The van der Waals surface area contributed by atoms with E-state index in [9.17, 15) is 9.59 Å². The zero-order chi connectivity index (χ0) is 16.7. The summed E-state index contributed by atoms with van der Waals surface area (Å²) in [6.45, 7) is 6.25.